The van der Waals surface area contributed by atoms with Gasteiger partial charge in [-0.3, -0.25) is 4.79 Å². The second-order valence-corrected chi connectivity index (χ2v) is 5.69. The second-order valence-electron chi connectivity index (χ2n) is 3.98. The zero-order valence-corrected chi connectivity index (χ0v) is 11.6. The van der Waals surface area contributed by atoms with Crippen LogP contribution in [0.3, 0.4) is 0 Å². The van der Waals surface area contributed by atoms with Crippen LogP contribution in [0, 0.1) is 0 Å². The van der Waals surface area contributed by atoms with E-state index in [0.717, 1.165) is 0 Å². The average molecular weight is 287 g/mol. The molecular weight excluding hydrogens is 270 g/mol. The predicted octanol–water partition coefficient (Wildman–Crippen LogP) is 1.23. The molecule has 0 aliphatic heterocycles. The van der Waals surface area contributed by atoms with Crippen LogP contribution < -0.4 is 9.46 Å². The summed E-state index contributed by atoms with van der Waals surface area (Å²) in [6, 6.07) is 4.63. The zero-order valence-electron chi connectivity index (χ0n) is 10.8. The first-order valence-corrected chi connectivity index (χ1v) is 7.28. The first-order chi connectivity index (χ1) is 8.90. The third-order valence-electron chi connectivity index (χ3n) is 2.54. The zero-order chi connectivity index (χ0) is 14.5. The molecule has 106 valence electrons. The molecule has 7 heteroatoms. The van der Waals surface area contributed by atoms with Crippen LogP contribution in [-0.2, 0) is 14.8 Å². The van der Waals surface area contributed by atoms with Crippen LogP contribution in [0.4, 0.5) is 0 Å². The number of carboxylic acid groups (broad SMARTS) is 1. The van der Waals surface area contributed by atoms with E-state index in [9.17, 15) is 13.2 Å². The number of hydrogen-bond acceptors (Lipinski definition) is 4. The Hall–Kier alpha value is -1.60. The van der Waals surface area contributed by atoms with E-state index in [4.69, 9.17) is 9.84 Å². The number of benzene rings is 1. The fourth-order valence-electron chi connectivity index (χ4n) is 1.53. The Morgan fingerprint density at radius 1 is 1.37 bits per heavy atom. The molecule has 1 rings (SSSR count). The summed E-state index contributed by atoms with van der Waals surface area (Å²) in [4.78, 5) is 11.0. The second kappa shape index (κ2) is 6.53. The van der Waals surface area contributed by atoms with Gasteiger partial charge in [-0.25, -0.2) is 8.42 Å². The van der Waals surface area contributed by atoms with E-state index >= 15 is 0 Å². The Bertz CT molecular complexity index is 524. The minimum atomic E-state index is -3.84. The van der Waals surface area contributed by atoms with Crippen LogP contribution >= 0.6 is 0 Å². The molecule has 2 N–H and O–H groups in total. The number of carbonyl (C=O) groups is 1. The molecule has 0 heterocycles. The molecule has 1 aromatic carbocycles. The number of hydrogen-bond donors (Lipinski definition) is 2. The Balaban J connectivity index is 2.92. The van der Waals surface area contributed by atoms with Gasteiger partial charge in [-0.05, 0) is 30.7 Å². The molecule has 1 aromatic rings. The summed E-state index contributed by atoms with van der Waals surface area (Å²) in [7, 11) is -2.36. The Morgan fingerprint density at radius 3 is 2.37 bits per heavy atom. The fourth-order valence-corrected chi connectivity index (χ4v) is 2.76. The van der Waals surface area contributed by atoms with Crippen molar-refractivity contribution in [3.8, 4) is 5.75 Å². The molecule has 1 atom stereocenters. The highest BCUT2D eigenvalue weighted by atomic mass is 32.2. The molecule has 0 fully saturated rings. The average Bonchev–Trinajstić information content (AvgIpc) is 2.38. The van der Waals surface area contributed by atoms with Crippen molar-refractivity contribution in [2.75, 3.05) is 7.11 Å². The van der Waals surface area contributed by atoms with Crippen LogP contribution in [0.2, 0.25) is 0 Å². The first kappa shape index (κ1) is 15.5. The van der Waals surface area contributed by atoms with Gasteiger partial charge in [-0.15, -0.1) is 0 Å². The molecular formula is C12H17NO5S. The quantitative estimate of drug-likeness (QED) is 0.786. The van der Waals surface area contributed by atoms with Crippen LogP contribution in [0.1, 0.15) is 19.8 Å². The van der Waals surface area contributed by atoms with Crippen molar-refractivity contribution in [3.63, 3.8) is 0 Å². The van der Waals surface area contributed by atoms with Gasteiger partial charge >= 0.3 is 5.97 Å². The molecule has 0 aliphatic carbocycles. The molecule has 0 unspecified atom stereocenters. The van der Waals surface area contributed by atoms with Gasteiger partial charge in [0.25, 0.3) is 0 Å². The van der Waals surface area contributed by atoms with E-state index < -0.39 is 22.0 Å². The van der Waals surface area contributed by atoms with E-state index in [0.29, 0.717) is 12.2 Å². The largest absolute Gasteiger partial charge is 0.497 e. The Labute approximate surface area is 112 Å². The minimum Gasteiger partial charge on any atom is -0.497 e. The van der Waals surface area contributed by atoms with Crippen LogP contribution in [0.25, 0.3) is 0 Å². The monoisotopic (exact) mass is 287 g/mol. The van der Waals surface area contributed by atoms with Crippen molar-refractivity contribution in [1.82, 2.24) is 4.72 Å². The lowest BCUT2D eigenvalue weighted by Crippen LogP contribution is -2.40. The molecule has 6 nitrogen and oxygen atoms in total. The van der Waals surface area contributed by atoms with Gasteiger partial charge in [-0.1, -0.05) is 13.3 Å². The number of methoxy groups -OCH3 is 1. The number of ether oxygens (including phenoxy) is 1. The lowest BCUT2D eigenvalue weighted by Gasteiger charge is -2.14. The summed E-state index contributed by atoms with van der Waals surface area (Å²) in [5, 5.41) is 8.95. The first-order valence-electron chi connectivity index (χ1n) is 5.80. The third-order valence-corrected chi connectivity index (χ3v) is 4.03. The predicted molar refractivity (Wildman–Crippen MR) is 69.6 cm³/mol. The third kappa shape index (κ3) is 4.22. The van der Waals surface area contributed by atoms with Crippen molar-refractivity contribution >= 4 is 16.0 Å². The highest BCUT2D eigenvalue weighted by Gasteiger charge is 2.24. The van der Waals surface area contributed by atoms with Gasteiger partial charge in [0.2, 0.25) is 10.0 Å². The highest BCUT2D eigenvalue weighted by Crippen LogP contribution is 2.16. The van der Waals surface area contributed by atoms with Crippen LogP contribution in [-0.4, -0.2) is 32.6 Å². The summed E-state index contributed by atoms with van der Waals surface area (Å²) in [6.45, 7) is 1.79. The van der Waals surface area contributed by atoms with Gasteiger partial charge in [0.05, 0.1) is 12.0 Å². The summed E-state index contributed by atoms with van der Waals surface area (Å²) in [5.41, 5.74) is 0. The Morgan fingerprint density at radius 2 is 1.95 bits per heavy atom. The van der Waals surface area contributed by atoms with Crippen LogP contribution in [0.5, 0.6) is 5.75 Å². The molecule has 0 bridgehead atoms. The SMILES string of the molecule is CCC[C@@H](NS(=O)(=O)c1ccc(OC)cc1)C(=O)O. The molecule has 0 spiro atoms. The topological polar surface area (TPSA) is 92.7 Å². The van der Waals surface area contributed by atoms with E-state index in [1.165, 1.54) is 31.4 Å². The van der Waals surface area contributed by atoms with E-state index in [2.05, 4.69) is 4.72 Å². The molecule has 0 aliphatic rings. The molecule has 19 heavy (non-hydrogen) atoms. The van der Waals surface area contributed by atoms with Gasteiger partial charge in [-0.2, -0.15) is 4.72 Å². The maximum atomic E-state index is 12.0. The highest BCUT2D eigenvalue weighted by molar-refractivity contribution is 7.89. The van der Waals surface area contributed by atoms with Gasteiger partial charge < -0.3 is 9.84 Å². The lowest BCUT2D eigenvalue weighted by atomic mass is 10.2. The summed E-state index contributed by atoms with van der Waals surface area (Å²) >= 11 is 0. The molecule has 0 aromatic heterocycles. The van der Waals surface area contributed by atoms with Crippen molar-refractivity contribution in [3.05, 3.63) is 24.3 Å². The number of aliphatic carboxylic acids is 1. The molecule has 0 saturated heterocycles. The van der Waals surface area contributed by atoms with Gasteiger partial charge in [0.1, 0.15) is 11.8 Å². The van der Waals surface area contributed by atoms with Crippen molar-refractivity contribution in [2.45, 2.75) is 30.7 Å². The minimum absolute atomic E-state index is 0.00986. The standard InChI is InChI=1S/C12H17NO5S/c1-3-4-11(12(14)15)13-19(16,17)10-7-5-9(18-2)6-8-10/h5-8,11,13H,3-4H2,1-2H3,(H,14,15)/t11-/m1/s1. The number of nitrogens with one attached hydrogen (secondary N) is 1. The van der Waals surface area contributed by atoms with E-state index in [-0.39, 0.29) is 11.3 Å². The number of rotatable bonds is 7. The van der Waals surface area contributed by atoms with Crippen molar-refractivity contribution < 1.29 is 23.1 Å². The summed E-state index contributed by atoms with van der Waals surface area (Å²) in [5.74, 6) is -0.652. The summed E-state index contributed by atoms with van der Waals surface area (Å²) in [6.07, 6.45) is 0.812. The summed E-state index contributed by atoms with van der Waals surface area (Å²) < 4.78 is 31.1. The maximum Gasteiger partial charge on any atom is 0.321 e. The molecule has 0 amide bonds. The normalized spacial score (nSPS) is 12.9. The van der Waals surface area contributed by atoms with E-state index in [1.54, 1.807) is 6.92 Å². The fraction of sp³-hybridized carbons (Fsp3) is 0.417. The van der Waals surface area contributed by atoms with Crippen molar-refractivity contribution in [2.24, 2.45) is 0 Å². The number of carboxylic acids is 1. The number of sulfonamides is 1. The van der Waals surface area contributed by atoms with Gasteiger partial charge in [0, 0.05) is 0 Å². The Kier molecular flexibility index (Phi) is 5.31. The molecule has 0 radical (unpaired) electrons. The lowest BCUT2D eigenvalue weighted by molar-refractivity contribution is -0.139. The van der Waals surface area contributed by atoms with Gasteiger partial charge in [0.15, 0.2) is 0 Å². The molecule has 0 saturated carbocycles. The van der Waals surface area contributed by atoms with Crippen LogP contribution in [0.15, 0.2) is 29.2 Å². The maximum absolute atomic E-state index is 12.0. The smallest absolute Gasteiger partial charge is 0.321 e. The van der Waals surface area contributed by atoms with Crippen molar-refractivity contribution in [1.29, 1.82) is 0 Å². The van der Waals surface area contributed by atoms with E-state index in [1.807, 2.05) is 0 Å².